The molecule has 0 bridgehead atoms. The maximum absolute atomic E-state index is 9.21. The third kappa shape index (κ3) is 10.8. The number of hydrogen-bond donors (Lipinski definition) is 1. The van der Waals surface area contributed by atoms with E-state index in [9.17, 15) is 8.42 Å². The Bertz CT molecular complexity index is 118. The van der Waals surface area contributed by atoms with Gasteiger partial charge in [-0.05, 0) is 0 Å². The van der Waals surface area contributed by atoms with Crippen molar-refractivity contribution in [1.82, 2.24) is 0 Å². The normalized spacial score (nSPS) is 9.86. The van der Waals surface area contributed by atoms with Crippen molar-refractivity contribution in [3.63, 3.8) is 0 Å². The van der Waals surface area contributed by atoms with E-state index in [0.717, 1.165) is 0 Å². The molecule has 1 N–H and O–H groups in total. The molecule has 0 spiro atoms. The maximum atomic E-state index is 9.21. The van der Waals surface area contributed by atoms with Crippen LogP contribution in [0.2, 0.25) is 0 Å². The molecule has 0 amide bonds. The van der Waals surface area contributed by atoms with E-state index >= 15 is 0 Å². The second-order valence-corrected chi connectivity index (χ2v) is 1.57. The van der Waals surface area contributed by atoms with Gasteiger partial charge in [-0.1, -0.05) is 0 Å². The number of hydrogen-bond acceptors (Lipinski definition) is 3. The molecule has 0 aliphatic carbocycles. The first-order valence-corrected chi connectivity index (χ1v) is 2.28. The van der Waals surface area contributed by atoms with Gasteiger partial charge in [-0.3, -0.25) is 4.55 Å². The zero-order chi connectivity index (χ0) is 5.21. The average Bonchev–Trinajstić information content (AvgIpc) is 1.35. The van der Waals surface area contributed by atoms with E-state index in [1.165, 1.54) is 0 Å². The summed E-state index contributed by atoms with van der Waals surface area (Å²) in [7, 11) is -0.417. The van der Waals surface area contributed by atoms with E-state index in [-0.39, 0.29) is 20.3 Å². The van der Waals surface area contributed by atoms with Crippen LogP contribution >= 0.6 is 0 Å². The summed E-state index contributed by atoms with van der Waals surface area (Å²) < 4.78 is 28.8. The Balaban J connectivity index is -0.000000125. The van der Waals surface area contributed by atoms with E-state index in [1.54, 1.807) is 0 Å². The van der Waals surface area contributed by atoms with Crippen molar-refractivity contribution in [1.29, 1.82) is 0 Å². The second-order valence-electron chi connectivity index (χ2n) is 0.524. The predicted octanol–water partition coefficient (Wildman–Crippen LogP) is -3.99. The largest absolute Gasteiger partial charge is 1.00 e. The minimum atomic E-state index is -4.38. The molecule has 0 aromatic heterocycles. The maximum Gasteiger partial charge on any atom is 1.00 e. The molecule has 0 aliphatic heterocycles. The fourth-order valence-corrected chi connectivity index (χ4v) is 0. The van der Waals surface area contributed by atoms with Gasteiger partial charge in [-0.25, -0.2) is 0 Å². The standard InChI is InChI=1S/BHO4S.Li.H/c1-5-6(2,3)4;;/h(H,2,3,4);;/q;+1;-1. The van der Waals surface area contributed by atoms with Gasteiger partial charge in [0.2, 0.25) is 0 Å². The SMILES string of the molecule is [B]OS(=O)(=O)O.[H-].[Li+]. The van der Waals surface area contributed by atoms with Gasteiger partial charge in [-0.15, -0.1) is 0 Å². The zero-order valence-electron chi connectivity index (χ0n) is 4.66. The molecule has 0 rings (SSSR count). The third-order valence-electron chi connectivity index (χ3n) is 0.122. The summed E-state index contributed by atoms with van der Waals surface area (Å²) in [5, 5.41) is 0. The van der Waals surface area contributed by atoms with Crippen LogP contribution in [0.5, 0.6) is 0 Å². The second kappa shape index (κ2) is 3.52. The minimum absolute atomic E-state index is 0. The molecule has 0 saturated carbocycles. The molecule has 2 radical (unpaired) electrons. The van der Waals surface area contributed by atoms with Crippen LogP contribution in [0.1, 0.15) is 1.43 Å². The van der Waals surface area contributed by atoms with Gasteiger partial charge in [0.25, 0.3) is 0 Å². The molecular weight excluding hydrogens is 114 g/mol. The molecule has 0 aromatic rings. The number of rotatable bonds is 1. The molecule has 0 atom stereocenters. The van der Waals surface area contributed by atoms with E-state index in [4.69, 9.17) is 4.55 Å². The van der Waals surface area contributed by atoms with Crippen LogP contribution in [-0.4, -0.2) is 21.0 Å². The molecule has 0 aliphatic rings. The summed E-state index contributed by atoms with van der Waals surface area (Å²) in [6, 6.07) is 0. The van der Waals surface area contributed by atoms with Gasteiger partial charge in [0, 0.05) is 0 Å². The molecule has 0 fully saturated rings. The van der Waals surface area contributed by atoms with Crippen molar-refractivity contribution in [2.45, 2.75) is 0 Å². The van der Waals surface area contributed by atoms with Crippen molar-refractivity contribution >= 4 is 18.4 Å². The molecule has 0 saturated heterocycles. The van der Waals surface area contributed by atoms with Gasteiger partial charge < -0.3 is 5.53 Å². The fraction of sp³-hybridized carbons (Fsp3) is 0. The van der Waals surface area contributed by atoms with E-state index < -0.39 is 10.4 Å². The van der Waals surface area contributed by atoms with Crippen LogP contribution < -0.4 is 18.9 Å². The summed E-state index contributed by atoms with van der Waals surface area (Å²) in [6.45, 7) is 0. The van der Waals surface area contributed by atoms with Crippen molar-refractivity contribution in [2.24, 2.45) is 0 Å². The fourth-order valence-electron chi connectivity index (χ4n) is 0. The van der Waals surface area contributed by atoms with E-state index in [0.29, 0.717) is 0 Å². The monoisotopic (exact) mass is 116 g/mol. The Hall–Kier alpha value is 0.532. The van der Waals surface area contributed by atoms with Gasteiger partial charge in [0.15, 0.2) is 0 Å². The first-order valence-electron chi connectivity index (χ1n) is 0.918. The summed E-state index contributed by atoms with van der Waals surface area (Å²) in [4.78, 5) is 0. The van der Waals surface area contributed by atoms with Gasteiger partial charge in [0.05, 0.1) is 0 Å². The van der Waals surface area contributed by atoms with E-state index in [1.807, 2.05) is 0 Å². The smallest absolute Gasteiger partial charge is 1.00 e. The van der Waals surface area contributed by atoms with Crippen molar-refractivity contribution in [3.8, 4) is 0 Å². The topological polar surface area (TPSA) is 63.6 Å². The molecule has 0 aromatic carbocycles. The quantitative estimate of drug-likeness (QED) is 0.280. The molecule has 7 heteroatoms. The molecule has 4 nitrogen and oxygen atoms in total. The molecular formula is H2BLiO4S. The van der Waals surface area contributed by atoms with Gasteiger partial charge >= 0.3 is 37.3 Å². The molecule has 7 heavy (non-hydrogen) atoms. The summed E-state index contributed by atoms with van der Waals surface area (Å²) >= 11 is 0. The average molecular weight is 116 g/mol. The predicted molar refractivity (Wildman–Crippen MR) is 19.5 cm³/mol. The van der Waals surface area contributed by atoms with Crippen LogP contribution in [0.25, 0.3) is 0 Å². The molecule has 0 heterocycles. The zero-order valence-corrected chi connectivity index (χ0v) is 4.47. The summed E-state index contributed by atoms with van der Waals surface area (Å²) in [5.74, 6) is 0. The van der Waals surface area contributed by atoms with Gasteiger partial charge in [0.1, 0.15) is 0 Å². The van der Waals surface area contributed by atoms with Crippen LogP contribution in [0, 0.1) is 0 Å². The van der Waals surface area contributed by atoms with Crippen LogP contribution in [-0.2, 0) is 14.5 Å². The first kappa shape index (κ1) is 10.5. The Morgan fingerprint density at radius 1 is 1.71 bits per heavy atom. The summed E-state index contributed by atoms with van der Waals surface area (Å²) in [6.07, 6.45) is 0. The Labute approximate surface area is 56.3 Å². The Morgan fingerprint density at radius 3 is 1.86 bits per heavy atom. The van der Waals surface area contributed by atoms with Crippen molar-refractivity contribution < 1.29 is 37.4 Å². The first-order chi connectivity index (χ1) is 2.56. The van der Waals surface area contributed by atoms with Crippen LogP contribution in [0.4, 0.5) is 0 Å². The van der Waals surface area contributed by atoms with Gasteiger partial charge in [-0.2, -0.15) is 8.42 Å². The molecule has 36 valence electrons. The third-order valence-corrected chi connectivity index (χ3v) is 0.365. The minimum Gasteiger partial charge on any atom is -1.00 e. The van der Waals surface area contributed by atoms with E-state index in [2.05, 4.69) is 12.1 Å². The molecule has 0 unspecified atom stereocenters. The Morgan fingerprint density at radius 2 is 1.86 bits per heavy atom. The van der Waals surface area contributed by atoms with Crippen LogP contribution in [0.15, 0.2) is 0 Å². The Kier molecular flexibility index (Phi) is 5.29. The van der Waals surface area contributed by atoms with Crippen LogP contribution in [0.3, 0.4) is 0 Å². The van der Waals surface area contributed by atoms with Crippen molar-refractivity contribution in [2.75, 3.05) is 0 Å². The summed E-state index contributed by atoms with van der Waals surface area (Å²) in [5.41, 5.74) is 0. The van der Waals surface area contributed by atoms with Crippen molar-refractivity contribution in [3.05, 3.63) is 0 Å².